The van der Waals surface area contributed by atoms with Crippen LogP contribution in [-0.4, -0.2) is 16.2 Å². The first-order valence-corrected chi connectivity index (χ1v) is 5.34. The molecule has 0 aromatic heterocycles. The molecule has 0 fully saturated rings. The highest BCUT2D eigenvalue weighted by atomic mass is 16.4. The minimum atomic E-state index is -0.981. The Morgan fingerprint density at radius 2 is 1.82 bits per heavy atom. The fourth-order valence-electron chi connectivity index (χ4n) is 1.28. The lowest BCUT2D eigenvalue weighted by atomic mass is 9.86. The lowest BCUT2D eigenvalue weighted by Crippen LogP contribution is -2.11. The van der Waals surface area contributed by atoms with Gasteiger partial charge >= 0.3 is 5.97 Å². The number of phenols is 1. The van der Waals surface area contributed by atoms with Gasteiger partial charge in [0.25, 0.3) is 0 Å². The van der Waals surface area contributed by atoms with E-state index in [-0.39, 0.29) is 5.41 Å². The first kappa shape index (κ1) is 15.2. The van der Waals surface area contributed by atoms with Crippen LogP contribution in [0, 0.1) is 6.92 Å². The number of aryl methyl sites for hydroxylation is 1. The average Bonchev–Trinajstić information content (AvgIpc) is 2.16. The van der Waals surface area contributed by atoms with Crippen molar-refractivity contribution in [1.29, 1.82) is 0 Å². The van der Waals surface area contributed by atoms with Crippen molar-refractivity contribution in [2.75, 3.05) is 0 Å². The van der Waals surface area contributed by atoms with Gasteiger partial charge in [0.05, 0.1) is 0 Å². The molecule has 17 heavy (non-hydrogen) atoms. The van der Waals surface area contributed by atoms with Crippen LogP contribution in [0.5, 0.6) is 5.75 Å². The fourth-order valence-corrected chi connectivity index (χ4v) is 1.28. The molecule has 0 atom stereocenters. The Morgan fingerprint density at radius 1 is 1.35 bits per heavy atom. The standard InChI is InChI=1S/C11H16O.C3H4O2/c1-8-5-6-9(10(12)7-8)11(2,3)4;1-2-3(4)5/h5-7,12H,1-4H3;2H,1H2,(H,4,5). The van der Waals surface area contributed by atoms with E-state index in [4.69, 9.17) is 5.11 Å². The van der Waals surface area contributed by atoms with Crippen LogP contribution in [0.15, 0.2) is 30.9 Å². The maximum absolute atomic E-state index is 9.63. The van der Waals surface area contributed by atoms with Crippen LogP contribution in [0.25, 0.3) is 0 Å². The van der Waals surface area contributed by atoms with Gasteiger partial charge in [-0.15, -0.1) is 0 Å². The van der Waals surface area contributed by atoms with Gasteiger partial charge in [-0.1, -0.05) is 39.5 Å². The van der Waals surface area contributed by atoms with Gasteiger partial charge in [0, 0.05) is 6.08 Å². The number of carbonyl (C=O) groups is 1. The molecule has 0 radical (unpaired) electrons. The van der Waals surface area contributed by atoms with E-state index in [9.17, 15) is 9.90 Å². The van der Waals surface area contributed by atoms with Crippen molar-refractivity contribution in [3.05, 3.63) is 42.0 Å². The Morgan fingerprint density at radius 3 is 2.12 bits per heavy atom. The summed E-state index contributed by atoms with van der Waals surface area (Å²) in [7, 11) is 0. The Bertz CT molecular complexity index is 400. The maximum Gasteiger partial charge on any atom is 0.327 e. The van der Waals surface area contributed by atoms with Crippen LogP contribution < -0.4 is 0 Å². The lowest BCUT2D eigenvalue weighted by Gasteiger charge is -2.20. The Kier molecular flexibility index (Phi) is 5.45. The van der Waals surface area contributed by atoms with Crippen molar-refractivity contribution in [1.82, 2.24) is 0 Å². The minimum Gasteiger partial charge on any atom is -0.508 e. The Hall–Kier alpha value is -1.77. The summed E-state index contributed by atoms with van der Waals surface area (Å²) >= 11 is 0. The number of phenolic OH excluding ortho intramolecular Hbond substituents is 1. The van der Waals surface area contributed by atoms with Crippen LogP contribution in [0.1, 0.15) is 31.9 Å². The smallest absolute Gasteiger partial charge is 0.327 e. The van der Waals surface area contributed by atoms with Crippen LogP contribution in [-0.2, 0) is 10.2 Å². The zero-order valence-electron chi connectivity index (χ0n) is 10.8. The molecule has 0 saturated heterocycles. The molecule has 0 spiro atoms. The molecule has 1 aromatic rings. The first-order chi connectivity index (χ1) is 7.68. The van der Waals surface area contributed by atoms with Crippen LogP contribution in [0.4, 0.5) is 0 Å². The highest BCUT2D eigenvalue weighted by Crippen LogP contribution is 2.30. The lowest BCUT2D eigenvalue weighted by molar-refractivity contribution is -0.131. The predicted octanol–water partition coefficient (Wildman–Crippen LogP) is 3.26. The highest BCUT2D eigenvalue weighted by Gasteiger charge is 2.17. The van der Waals surface area contributed by atoms with E-state index in [1.165, 1.54) is 0 Å². The number of benzene rings is 1. The maximum atomic E-state index is 9.63. The van der Waals surface area contributed by atoms with Crippen molar-refractivity contribution >= 4 is 5.97 Å². The van der Waals surface area contributed by atoms with Gasteiger partial charge in [-0.05, 0) is 29.5 Å². The van der Waals surface area contributed by atoms with Crippen molar-refractivity contribution < 1.29 is 15.0 Å². The summed E-state index contributed by atoms with van der Waals surface area (Å²) in [5.74, 6) is -0.576. The van der Waals surface area contributed by atoms with Crippen molar-refractivity contribution in [2.24, 2.45) is 0 Å². The topological polar surface area (TPSA) is 57.5 Å². The quantitative estimate of drug-likeness (QED) is 0.736. The number of aromatic hydroxyl groups is 1. The normalized spacial score (nSPS) is 10.1. The van der Waals surface area contributed by atoms with Gasteiger partial charge in [0.1, 0.15) is 5.75 Å². The summed E-state index contributed by atoms with van der Waals surface area (Å²) < 4.78 is 0. The highest BCUT2D eigenvalue weighted by molar-refractivity contribution is 5.78. The predicted molar refractivity (Wildman–Crippen MR) is 69.4 cm³/mol. The molecule has 0 aliphatic heterocycles. The molecule has 1 aromatic carbocycles. The molecule has 1 rings (SSSR count). The molecule has 3 nitrogen and oxygen atoms in total. The molecule has 94 valence electrons. The summed E-state index contributed by atoms with van der Waals surface area (Å²) in [4.78, 5) is 9.25. The molecule has 0 unspecified atom stereocenters. The third kappa shape index (κ3) is 5.76. The van der Waals surface area contributed by atoms with Crippen LogP contribution in [0.2, 0.25) is 0 Å². The second kappa shape index (κ2) is 6.09. The fraction of sp³-hybridized carbons (Fsp3) is 0.357. The molecule has 0 saturated carbocycles. The van der Waals surface area contributed by atoms with E-state index >= 15 is 0 Å². The number of carboxylic acids is 1. The van der Waals surface area contributed by atoms with Gasteiger partial charge in [0.15, 0.2) is 0 Å². The second-order valence-corrected chi connectivity index (χ2v) is 4.81. The number of rotatable bonds is 1. The van der Waals surface area contributed by atoms with Crippen LogP contribution in [0.3, 0.4) is 0 Å². The second-order valence-electron chi connectivity index (χ2n) is 4.81. The van der Waals surface area contributed by atoms with Crippen molar-refractivity contribution in [3.63, 3.8) is 0 Å². The van der Waals surface area contributed by atoms with Gasteiger partial charge in [0.2, 0.25) is 0 Å². The number of carboxylic acid groups (broad SMARTS) is 1. The van der Waals surface area contributed by atoms with Crippen molar-refractivity contribution in [3.8, 4) is 5.75 Å². The molecule has 0 heterocycles. The molecule has 0 aliphatic rings. The summed E-state index contributed by atoms with van der Waals surface area (Å²) in [6.07, 6.45) is 0.833. The van der Waals surface area contributed by atoms with E-state index in [0.717, 1.165) is 17.2 Å². The first-order valence-electron chi connectivity index (χ1n) is 5.34. The van der Waals surface area contributed by atoms with E-state index in [2.05, 4.69) is 27.4 Å². The largest absolute Gasteiger partial charge is 0.508 e. The Balaban J connectivity index is 0.000000437. The number of hydrogen-bond donors (Lipinski definition) is 2. The van der Waals surface area contributed by atoms with E-state index in [1.54, 1.807) is 6.07 Å². The van der Waals surface area contributed by atoms with Gasteiger partial charge in [-0.25, -0.2) is 4.79 Å². The Labute approximate surface area is 102 Å². The van der Waals surface area contributed by atoms with Gasteiger partial charge in [-0.2, -0.15) is 0 Å². The summed E-state index contributed by atoms with van der Waals surface area (Å²) in [5.41, 5.74) is 2.13. The number of hydrogen-bond acceptors (Lipinski definition) is 2. The van der Waals surface area contributed by atoms with Crippen molar-refractivity contribution in [2.45, 2.75) is 33.1 Å². The molecule has 0 aliphatic carbocycles. The molecule has 2 N–H and O–H groups in total. The van der Waals surface area contributed by atoms with E-state index in [0.29, 0.717) is 5.75 Å². The summed E-state index contributed by atoms with van der Waals surface area (Å²) in [6, 6.07) is 5.82. The molecule has 0 amide bonds. The third-order valence-corrected chi connectivity index (χ3v) is 2.14. The van der Waals surface area contributed by atoms with Gasteiger partial charge < -0.3 is 10.2 Å². The number of aliphatic carboxylic acids is 1. The summed E-state index contributed by atoms with van der Waals surface area (Å²) in [6.45, 7) is 11.2. The molecular formula is C14H20O3. The van der Waals surface area contributed by atoms with E-state index < -0.39 is 5.97 Å². The monoisotopic (exact) mass is 236 g/mol. The minimum absolute atomic E-state index is 0.0256. The molecular weight excluding hydrogens is 216 g/mol. The van der Waals surface area contributed by atoms with Crippen LogP contribution >= 0.6 is 0 Å². The molecule has 0 bridgehead atoms. The molecule has 3 heteroatoms. The van der Waals surface area contributed by atoms with Gasteiger partial charge in [-0.3, -0.25) is 0 Å². The summed E-state index contributed by atoms with van der Waals surface area (Å²) in [5, 5.41) is 17.2. The SMILES string of the molecule is C=CC(=O)O.Cc1ccc(C(C)(C)C)c(O)c1. The third-order valence-electron chi connectivity index (χ3n) is 2.14. The average molecular weight is 236 g/mol. The van der Waals surface area contributed by atoms with E-state index in [1.807, 2.05) is 19.1 Å². The zero-order chi connectivity index (χ0) is 13.6. The zero-order valence-corrected chi connectivity index (χ0v) is 10.8.